The summed E-state index contributed by atoms with van der Waals surface area (Å²) in [6, 6.07) is 3.69. The molecule has 0 radical (unpaired) electrons. The van der Waals surface area contributed by atoms with Gasteiger partial charge in [-0.05, 0) is 26.2 Å². The molecular weight excluding hydrogens is 220 g/mol. The molecule has 0 aromatic carbocycles. The van der Waals surface area contributed by atoms with Crippen molar-refractivity contribution in [3.05, 3.63) is 21.3 Å². The number of hydrogen-bond donors (Lipinski definition) is 2. The van der Waals surface area contributed by atoms with E-state index in [4.69, 9.17) is 17.3 Å². The lowest BCUT2D eigenvalue weighted by Gasteiger charge is -2.27. The van der Waals surface area contributed by atoms with Gasteiger partial charge in [-0.3, -0.25) is 4.90 Å². The molecule has 3 N–H and O–H groups in total. The van der Waals surface area contributed by atoms with E-state index in [-0.39, 0.29) is 12.6 Å². The summed E-state index contributed by atoms with van der Waals surface area (Å²) in [6.07, 6.45) is -0.556. The zero-order valence-electron chi connectivity index (χ0n) is 8.27. The highest BCUT2D eigenvalue weighted by atomic mass is 35.5. The van der Waals surface area contributed by atoms with Crippen LogP contribution in [0.2, 0.25) is 4.34 Å². The van der Waals surface area contributed by atoms with Crippen molar-refractivity contribution in [3.8, 4) is 0 Å². The van der Waals surface area contributed by atoms with Crippen LogP contribution >= 0.6 is 22.9 Å². The molecule has 5 heteroatoms. The Bertz CT molecular complexity index is 290. The van der Waals surface area contributed by atoms with Gasteiger partial charge in [0.25, 0.3) is 0 Å². The second-order valence-electron chi connectivity index (χ2n) is 3.35. The average molecular weight is 235 g/mol. The zero-order valence-corrected chi connectivity index (χ0v) is 9.85. The molecule has 0 fully saturated rings. The second-order valence-corrected chi connectivity index (χ2v) is 5.10. The monoisotopic (exact) mass is 234 g/mol. The SMILES string of the molecule is CN(C)C(c1ccc(Cl)s1)C(O)CN. The maximum absolute atomic E-state index is 9.75. The van der Waals surface area contributed by atoms with Crippen molar-refractivity contribution >= 4 is 22.9 Å². The van der Waals surface area contributed by atoms with Crippen molar-refractivity contribution in [2.45, 2.75) is 12.1 Å². The molecule has 0 aliphatic heterocycles. The summed E-state index contributed by atoms with van der Waals surface area (Å²) in [7, 11) is 3.83. The fourth-order valence-electron chi connectivity index (χ4n) is 1.40. The standard InChI is InChI=1S/C9H15ClN2OS/c1-12(2)9(6(13)5-11)7-3-4-8(10)14-7/h3-4,6,9,13H,5,11H2,1-2H3. The van der Waals surface area contributed by atoms with E-state index in [1.54, 1.807) is 0 Å². The fourth-order valence-corrected chi connectivity index (χ4v) is 2.72. The number of rotatable bonds is 4. The Morgan fingerprint density at radius 3 is 2.57 bits per heavy atom. The summed E-state index contributed by atoms with van der Waals surface area (Å²) in [5.74, 6) is 0. The van der Waals surface area contributed by atoms with Gasteiger partial charge in [0.1, 0.15) is 0 Å². The van der Waals surface area contributed by atoms with Gasteiger partial charge in [0.05, 0.1) is 16.5 Å². The summed E-state index contributed by atoms with van der Waals surface area (Å²) >= 11 is 7.32. The highest BCUT2D eigenvalue weighted by Crippen LogP contribution is 2.31. The normalized spacial score (nSPS) is 15.9. The van der Waals surface area contributed by atoms with Crippen molar-refractivity contribution in [2.24, 2.45) is 5.73 Å². The highest BCUT2D eigenvalue weighted by molar-refractivity contribution is 7.16. The Labute approximate surface area is 93.1 Å². The van der Waals surface area contributed by atoms with E-state index in [1.807, 2.05) is 31.1 Å². The van der Waals surface area contributed by atoms with Crippen molar-refractivity contribution in [3.63, 3.8) is 0 Å². The Balaban J connectivity index is 2.88. The van der Waals surface area contributed by atoms with Crippen LogP contribution in [-0.2, 0) is 0 Å². The lowest BCUT2D eigenvalue weighted by Crippen LogP contribution is -2.35. The molecule has 0 saturated heterocycles. The van der Waals surface area contributed by atoms with Crippen LogP contribution in [0.25, 0.3) is 0 Å². The molecule has 0 aliphatic carbocycles. The largest absolute Gasteiger partial charge is 0.390 e. The van der Waals surface area contributed by atoms with Crippen molar-refractivity contribution in [1.82, 2.24) is 4.90 Å². The molecular formula is C9H15ClN2OS. The van der Waals surface area contributed by atoms with Gasteiger partial charge in [0, 0.05) is 11.4 Å². The van der Waals surface area contributed by atoms with Gasteiger partial charge in [-0.25, -0.2) is 0 Å². The highest BCUT2D eigenvalue weighted by Gasteiger charge is 2.23. The van der Waals surface area contributed by atoms with Gasteiger partial charge >= 0.3 is 0 Å². The average Bonchev–Trinajstić information content (AvgIpc) is 2.51. The van der Waals surface area contributed by atoms with E-state index in [1.165, 1.54) is 11.3 Å². The van der Waals surface area contributed by atoms with Crippen LogP contribution in [0.3, 0.4) is 0 Å². The quantitative estimate of drug-likeness (QED) is 0.827. The number of aliphatic hydroxyl groups is 1. The van der Waals surface area contributed by atoms with Crippen LogP contribution < -0.4 is 5.73 Å². The lowest BCUT2D eigenvalue weighted by molar-refractivity contribution is 0.0843. The fraction of sp³-hybridized carbons (Fsp3) is 0.556. The van der Waals surface area contributed by atoms with Gasteiger partial charge in [-0.1, -0.05) is 11.6 Å². The van der Waals surface area contributed by atoms with Gasteiger partial charge < -0.3 is 10.8 Å². The molecule has 3 nitrogen and oxygen atoms in total. The van der Waals surface area contributed by atoms with Crippen molar-refractivity contribution < 1.29 is 5.11 Å². The number of halogens is 1. The minimum absolute atomic E-state index is 0.0718. The molecule has 0 spiro atoms. The summed E-state index contributed by atoms with van der Waals surface area (Å²) in [6.45, 7) is 0.248. The van der Waals surface area contributed by atoms with Crippen LogP contribution in [-0.4, -0.2) is 36.8 Å². The zero-order chi connectivity index (χ0) is 10.7. The number of nitrogens with two attached hydrogens (primary N) is 1. The third-order valence-corrected chi connectivity index (χ3v) is 3.35. The summed E-state index contributed by atoms with van der Waals surface area (Å²) in [5.41, 5.74) is 5.45. The first kappa shape index (κ1) is 11.9. The topological polar surface area (TPSA) is 49.5 Å². The molecule has 0 aliphatic rings. The molecule has 2 unspecified atom stereocenters. The second kappa shape index (κ2) is 5.09. The lowest BCUT2D eigenvalue weighted by atomic mass is 10.1. The van der Waals surface area contributed by atoms with Crippen molar-refractivity contribution in [1.29, 1.82) is 0 Å². The van der Waals surface area contributed by atoms with Crippen LogP contribution in [0.4, 0.5) is 0 Å². The van der Waals surface area contributed by atoms with Crippen LogP contribution in [0.1, 0.15) is 10.9 Å². The summed E-state index contributed by atoms with van der Waals surface area (Å²) < 4.78 is 0.732. The minimum Gasteiger partial charge on any atom is -0.390 e. The summed E-state index contributed by atoms with van der Waals surface area (Å²) in [4.78, 5) is 2.98. The Hall–Kier alpha value is -0.130. The Morgan fingerprint density at radius 1 is 1.57 bits per heavy atom. The van der Waals surface area contributed by atoms with Crippen LogP contribution in [0.15, 0.2) is 12.1 Å². The maximum Gasteiger partial charge on any atom is 0.0931 e. The molecule has 1 aromatic rings. The van der Waals surface area contributed by atoms with Crippen LogP contribution in [0, 0.1) is 0 Å². The number of aliphatic hydroxyl groups excluding tert-OH is 1. The third-order valence-electron chi connectivity index (χ3n) is 2.05. The molecule has 1 heterocycles. The molecule has 0 saturated carbocycles. The number of thiophene rings is 1. The van der Waals surface area contributed by atoms with E-state index in [2.05, 4.69) is 0 Å². The predicted octanol–water partition coefficient (Wildman–Crippen LogP) is 1.32. The van der Waals surface area contributed by atoms with Gasteiger partial charge in [0.15, 0.2) is 0 Å². The number of likely N-dealkylation sites (N-methyl/N-ethyl adjacent to an activating group) is 1. The first-order chi connectivity index (χ1) is 6.56. The van der Waals surface area contributed by atoms with E-state index in [9.17, 15) is 5.11 Å². The molecule has 0 amide bonds. The van der Waals surface area contributed by atoms with Gasteiger partial charge in [-0.15, -0.1) is 11.3 Å². The van der Waals surface area contributed by atoms with E-state index in [0.717, 1.165) is 9.21 Å². The molecule has 0 bridgehead atoms. The van der Waals surface area contributed by atoms with Gasteiger partial charge in [0.2, 0.25) is 0 Å². The molecule has 1 rings (SSSR count). The first-order valence-electron chi connectivity index (χ1n) is 4.36. The van der Waals surface area contributed by atoms with E-state index < -0.39 is 6.10 Å². The number of nitrogens with zero attached hydrogens (tertiary/aromatic N) is 1. The van der Waals surface area contributed by atoms with E-state index >= 15 is 0 Å². The molecule has 80 valence electrons. The summed E-state index contributed by atoms with van der Waals surface area (Å²) in [5, 5.41) is 9.75. The van der Waals surface area contributed by atoms with Gasteiger partial charge in [-0.2, -0.15) is 0 Å². The van der Waals surface area contributed by atoms with E-state index in [0.29, 0.717) is 0 Å². The molecule has 1 aromatic heterocycles. The minimum atomic E-state index is -0.556. The Kier molecular flexibility index (Phi) is 4.34. The molecule has 14 heavy (non-hydrogen) atoms. The number of hydrogen-bond acceptors (Lipinski definition) is 4. The van der Waals surface area contributed by atoms with Crippen molar-refractivity contribution in [2.75, 3.05) is 20.6 Å². The maximum atomic E-state index is 9.75. The third kappa shape index (κ3) is 2.68. The Morgan fingerprint density at radius 2 is 2.21 bits per heavy atom. The predicted molar refractivity (Wildman–Crippen MR) is 60.8 cm³/mol. The first-order valence-corrected chi connectivity index (χ1v) is 5.55. The van der Waals surface area contributed by atoms with Crippen LogP contribution in [0.5, 0.6) is 0 Å². The molecule has 2 atom stereocenters. The smallest absolute Gasteiger partial charge is 0.0931 e.